The number of fused-ring (bicyclic) bond motifs is 14. The molecule has 147 heavy (non-hydrogen) atoms. The molecule has 6 amide bonds. The van der Waals surface area contributed by atoms with Crippen molar-refractivity contribution in [2.24, 2.45) is 45.0 Å². The first-order valence-electron chi connectivity index (χ1n) is 54.0. The zero-order valence-corrected chi connectivity index (χ0v) is 98.5. The van der Waals surface area contributed by atoms with E-state index in [1.807, 2.05) is 150 Å². The molecule has 0 spiro atoms. The van der Waals surface area contributed by atoms with Crippen LogP contribution in [0.2, 0.25) is 0 Å². The number of hydrogen-bond donors (Lipinski definition) is 1. The van der Waals surface area contributed by atoms with Crippen LogP contribution in [-0.2, 0) is 109 Å². The number of nitrogens with zero attached hydrogens (tertiary/aromatic N) is 8. The number of Topliss-reactive ketones (excluding diaryl/α,β-unsaturated/α-hetero) is 2. The van der Waals surface area contributed by atoms with Crippen LogP contribution in [0.5, 0.6) is 0 Å². The van der Waals surface area contributed by atoms with Crippen LogP contribution in [0.3, 0.4) is 0 Å². The molecule has 3 aromatic carbocycles. The van der Waals surface area contributed by atoms with Crippen LogP contribution < -0.4 is 5.14 Å². The van der Waals surface area contributed by atoms with Gasteiger partial charge in [-0.2, -0.15) is 4.40 Å². The molecular formula is C113H184BrN9O20S4. The standard InChI is InChI=1S/2C22H33NO3S.C14H24N2O3S.C11H17NO3.C10H15NO3.C9H13NO3.C8H13NO.C7H7Br.C4H11NOS.3C2H6/c2*1-22(2,3)27(25)15-18(12-16-8-6-5-7-9-16)17-13-19-10-11-20(14-17)23(19)21(24)26-4;1-14(2,3)20(18)15-9-10-7-11-5-6-12(8-10)16(11)13(17)19-4;1-14-7-8-5-9-3-4-10(6-8)12(9)11(13)15-2;1-14-10(13)11-8-2-3-9(11)5-7(4-8)6-12;1-13-9(12)10-6-2-3-7(10)5-8(11)4-6;1-9-6-2-3-7(9)5-8(10)4-6;8-6-7-4-2-1-3-5-7;1-4(2,3)7(5)6;3*1-2/h2*5-9,17-20H,10-15H2,1-4H3;9-12H,5-8H2,1-4H3;7,9-10H,3-6H2,1-2H3;6-9H,2-5H2,1H3;6-7H,2-5H2,1H3;6-7H,2-5H2,1H3;1-5H,6H2;5H2,1-3H3;3*1-2H3/t17?,18-,19-,20+,27+;17?,18-,19-,20+,27-;10?,11-,12+,20-;9-,10+;7?,8-,9+;2*6-,7+;;;;;/m010........./s1. The molecule has 0 aliphatic carbocycles. The van der Waals surface area contributed by atoms with Crippen molar-refractivity contribution in [3.63, 3.8) is 0 Å². The van der Waals surface area contributed by atoms with E-state index >= 15 is 0 Å². The molecular weight excluding hydrogens is 2010 g/mol. The molecule has 832 valence electrons. The summed E-state index contributed by atoms with van der Waals surface area (Å²) in [6, 6.07) is 35.5. The maximum atomic E-state index is 12.9. The number of methoxy groups -OCH3 is 7. The van der Waals surface area contributed by atoms with Gasteiger partial charge >= 0.3 is 36.6 Å². The highest BCUT2D eigenvalue weighted by Crippen LogP contribution is 2.48. The average Bonchev–Trinajstić information content (AvgIpc) is 1.65. The number of rotatable bonds is 15. The highest BCUT2D eigenvalue weighted by molar-refractivity contribution is 9.08. The fourth-order valence-corrected chi connectivity index (χ4v) is 26.6. The molecule has 0 saturated carbocycles. The summed E-state index contributed by atoms with van der Waals surface area (Å²) in [4.78, 5) is 117. The molecule has 2 N–H and O–H groups in total. The van der Waals surface area contributed by atoms with Gasteiger partial charge in [-0.3, -0.25) is 28.0 Å². The summed E-state index contributed by atoms with van der Waals surface area (Å²) in [5.74, 6) is 4.49. The van der Waals surface area contributed by atoms with E-state index in [4.69, 9.17) is 33.6 Å². The van der Waals surface area contributed by atoms with Crippen molar-refractivity contribution in [1.29, 1.82) is 0 Å². The van der Waals surface area contributed by atoms with Gasteiger partial charge in [-0.05, 0) is 309 Å². The lowest BCUT2D eigenvalue weighted by atomic mass is 9.79. The molecule has 14 fully saturated rings. The number of amides is 6. The highest BCUT2D eigenvalue weighted by atomic mass is 79.9. The second-order valence-corrected chi connectivity index (χ2v) is 53.1. The highest BCUT2D eigenvalue weighted by Gasteiger charge is 2.51. The number of ketones is 2. The van der Waals surface area contributed by atoms with Crippen LogP contribution in [-0.4, -0.2) is 284 Å². The predicted octanol–water partition coefficient (Wildman–Crippen LogP) is 22.3. The molecule has 14 saturated heterocycles. The summed E-state index contributed by atoms with van der Waals surface area (Å²) in [6.45, 7) is 35.6. The molecule has 14 heterocycles. The Morgan fingerprint density at radius 2 is 0.619 bits per heavy atom. The summed E-state index contributed by atoms with van der Waals surface area (Å²) in [7, 11) is 8.32. The topological polar surface area (TPSA) is 348 Å². The van der Waals surface area contributed by atoms with Crippen LogP contribution in [0.1, 0.15) is 321 Å². The van der Waals surface area contributed by atoms with E-state index in [1.54, 1.807) is 12.0 Å². The lowest BCUT2D eigenvalue weighted by Gasteiger charge is -2.41. The van der Waals surface area contributed by atoms with Gasteiger partial charge in [-0.15, -0.1) is 0 Å². The van der Waals surface area contributed by atoms with E-state index in [1.165, 1.54) is 77.8 Å². The maximum absolute atomic E-state index is 12.9. The first kappa shape index (κ1) is 128. The Hall–Kier alpha value is -7.50. The smallest absolute Gasteiger partial charge is 0.410 e. The Balaban J connectivity index is 0.000000258. The zero-order valence-electron chi connectivity index (χ0n) is 93.6. The molecule has 14 aliphatic rings. The van der Waals surface area contributed by atoms with Gasteiger partial charge < -0.3 is 67.4 Å². The largest absolute Gasteiger partial charge is 0.504 e. The van der Waals surface area contributed by atoms with Crippen molar-refractivity contribution in [2.45, 2.75) is 426 Å². The van der Waals surface area contributed by atoms with Crippen LogP contribution in [0.25, 0.3) is 0 Å². The Bertz CT molecular complexity index is 4490. The van der Waals surface area contributed by atoms with Crippen molar-refractivity contribution < 1.29 is 93.1 Å². The molecule has 29 nitrogen and oxygen atoms in total. The third kappa shape index (κ3) is 38.3. The van der Waals surface area contributed by atoms with Gasteiger partial charge in [0.05, 0.1) is 76.5 Å². The quantitative estimate of drug-likeness (QED) is 0.0485. The molecule has 0 aromatic heterocycles. The predicted molar refractivity (Wildman–Crippen MR) is 595 cm³/mol. The second-order valence-electron chi connectivity index (χ2n) is 44.3. The number of alkyl halides is 1. The molecule has 24 atom stereocenters. The minimum Gasteiger partial charge on any atom is -0.504 e. The number of ether oxygens (including phenoxy) is 7. The van der Waals surface area contributed by atoms with Crippen LogP contribution >= 0.6 is 15.9 Å². The number of carbonyl (C=O) groups excluding carboxylic acids is 9. The summed E-state index contributed by atoms with van der Waals surface area (Å²) in [5, 5.41) is 5.99. The number of benzene rings is 3. The number of piperidine rings is 7. The summed E-state index contributed by atoms with van der Waals surface area (Å²) >= 11 is 3.36. The lowest BCUT2D eigenvalue weighted by molar-refractivity contribution is -0.123. The minimum absolute atomic E-state index is 0.110. The average molecular weight is 2200 g/mol. The molecule has 14 bridgehead atoms. The first-order chi connectivity index (χ1) is 69.8. The van der Waals surface area contributed by atoms with E-state index in [2.05, 4.69) is 139 Å². The fourth-order valence-electron chi connectivity index (χ4n) is 23.1. The summed E-state index contributed by atoms with van der Waals surface area (Å²) < 4.78 is 85.5. The van der Waals surface area contributed by atoms with E-state index in [0.29, 0.717) is 72.4 Å². The fraction of sp³-hybridized carbons (Fsp3) is 0.735. The third-order valence-electron chi connectivity index (χ3n) is 30.5. The van der Waals surface area contributed by atoms with E-state index in [0.717, 1.165) is 190 Å². The summed E-state index contributed by atoms with van der Waals surface area (Å²) in [5.41, 5.74) is 5.27. The van der Waals surface area contributed by atoms with Crippen molar-refractivity contribution in [3.8, 4) is 0 Å². The third-order valence-corrected chi connectivity index (χ3v) is 38.0. The lowest BCUT2D eigenvalue weighted by Crippen LogP contribution is -2.48. The van der Waals surface area contributed by atoms with Crippen LogP contribution in [0, 0.1) is 35.5 Å². The first-order valence-corrected chi connectivity index (χ1v) is 60.0. The Morgan fingerprint density at radius 3 is 0.864 bits per heavy atom. The molecule has 17 rings (SSSR count). The monoisotopic (exact) mass is 2190 g/mol. The number of hydrogen-bond acceptors (Lipinski definition) is 21. The number of carbonyl (C=O) groups is 9. The minimum atomic E-state index is -1.20. The number of nitrogens with two attached hydrogens (primary N) is 1. The van der Waals surface area contributed by atoms with E-state index < -0.39 is 43.6 Å². The van der Waals surface area contributed by atoms with Crippen molar-refractivity contribution in [2.75, 3.05) is 68.3 Å². The van der Waals surface area contributed by atoms with Gasteiger partial charge in [-0.25, -0.2) is 37.2 Å². The summed E-state index contributed by atoms with van der Waals surface area (Å²) in [6.07, 6.45) is 32.2. The van der Waals surface area contributed by atoms with E-state index in [9.17, 15) is 60.0 Å². The Kier molecular flexibility index (Phi) is 54.6. The van der Waals surface area contributed by atoms with Gasteiger partial charge in [0.15, 0.2) is 0 Å². The van der Waals surface area contributed by atoms with Crippen molar-refractivity contribution in [1.82, 2.24) is 34.3 Å². The normalized spacial score (nSPS) is 28.0. The van der Waals surface area contributed by atoms with Gasteiger partial charge in [0.1, 0.15) is 28.8 Å². The Morgan fingerprint density at radius 1 is 0.374 bits per heavy atom. The van der Waals surface area contributed by atoms with E-state index in [-0.39, 0.29) is 128 Å². The molecule has 3 aromatic rings. The van der Waals surface area contributed by atoms with Gasteiger partial charge in [0.25, 0.3) is 0 Å². The second kappa shape index (κ2) is 62.6. The number of aldehydes is 1. The van der Waals surface area contributed by atoms with Crippen LogP contribution in [0.15, 0.2) is 107 Å². The maximum Gasteiger partial charge on any atom is 0.410 e. The molecule has 5 unspecified atom stereocenters. The van der Waals surface area contributed by atoms with Crippen molar-refractivity contribution >= 4 is 120 Å². The SMILES string of the molecule is BrCc1ccccc1.CC.CC.CC.CC(C)(C)S(N)=O.CN1[C@@H]2CC[C@H]1CC(=O)C2.COC(=O)N1[C@@H]2CC[C@H]1CC(=O)C2.COC(=O)N1[C@@H]2CC[C@H]1CC(C=N[S@@](=O)C(C)(C)C)C2.COC(=O)N1[C@@H]2CC[C@H]1CC(C=O)C2.COC(=O)N1[C@@H]2CC[C@H]1CC([C@@H](Cc1ccccc1)C[S@@](=O)C(C)(C)C)C2.COC(=O)N1[C@@H]2CC[C@H]1CC([C@H](Cc1ccccc1)C[S@@](=O)C(C)(C)C)C2.COC=C1C[C@H]2CC[C@@H](C1)N2C(=O)OC. The molecule has 34 heteroatoms. The molecule has 14 aliphatic heterocycles. The number of halogens is 1. The van der Waals surface area contributed by atoms with Gasteiger partial charge in [0, 0.05) is 170 Å². The van der Waals surface area contributed by atoms with Crippen LogP contribution in [0.4, 0.5) is 28.8 Å². The van der Waals surface area contributed by atoms with Gasteiger partial charge in [-0.1, -0.05) is 148 Å². The van der Waals surface area contributed by atoms with Crippen molar-refractivity contribution in [3.05, 3.63) is 120 Å². The van der Waals surface area contributed by atoms with Gasteiger partial charge in [0.2, 0.25) is 0 Å². The zero-order chi connectivity index (χ0) is 110. The molecule has 0 radical (unpaired) electrons. The Labute approximate surface area is 900 Å².